The molecule has 2 N–H and O–H groups in total. The van der Waals surface area contributed by atoms with E-state index in [4.69, 9.17) is 19.9 Å². The number of fused-ring (bicyclic) bond motifs is 2. The van der Waals surface area contributed by atoms with Crippen molar-refractivity contribution in [1.82, 2.24) is 19.5 Å². The van der Waals surface area contributed by atoms with Crippen LogP contribution in [0.15, 0.2) is 33.0 Å². The van der Waals surface area contributed by atoms with Crippen molar-refractivity contribution in [3.8, 4) is 11.5 Å². The first-order valence-corrected chi connectivity index (χ1v) is 11.6. The van der Waals surface area contributed by atoms with E-state index in [1.54, 1.807) is 0 Å². The van der Waals surface area contributed by atoms with Gasteiger partial charge in [-0.25, -0.2) is 15.0 Å². The number of benzene rings is 1. The number of nitrogens with zero attached hydrogens (tertiary/aromatic N) is 4. The van der Waals surface area contributed by atoms with E-state index >= 15 is 0 Å². The van der Waals surface area contributed by atoms with Gasteiger partial charge in [0.05, 0.1) is 20.3 Å². The number of ether oxygens (including phenoxy) is 4. The molecule has 1 aromatic carbocycles. The number of rotatable bonds is 10. The molecule has 1 aliphatic heterocycles. The molecule has 4 rings (SSSR count). The predicted molar refractivity (Wildman–Crippen MR) is 121 cm³/mol. The molecule has 0 radical (unpaired) electrons. The van der Waals surface area contributed by atoms with Gasteiger partial charge in [-0.15, -0.1) is 0 Å². The highest BCUT2D eigenvalue weighted by molar-refractivity contribution is 9.10. The summed E-state index contributed by atoms with van der Waals surface area (Å²) in [4.78, 5) is 25.2. The Balaban J connectivity index is 1.46. The third-order valence-electron chi connectivity index (χ3n) is 4.76. The van der Waals surface area contributed by atoms with Gasteiger partial charge in [-0.3, -0.25) is 4.79 Å². The van der Waals surface area contributed by atoms with Crippen molar-refractivity contribution < 1.29 is 23.7 Å². The molecule has 12 heteroatoms. The summed E-state index contributed by atoms with van der Waals surface area (Å²) in [6, 6.07) is 3.79. The summed E-state index contributed by atoms with van der Waals surface area (Å²) in [5.41, 5.74) is 7.22. The van der Waals surface area contributed by atoms with Crippen molar-refractivity contribution in [3.63, 3.8) is 0 Å². The number of hydrogen-bond acceptors (Lipinski definition) is 10. The van der Waals surface area contributed by atoms with E-state index in [1.807, 2.05) is 16.7 Å². The van der Waals surface area contributed by atoms with Crippen LogP contribution in [0.4, 0.5) is 5.82 Å². The zero-order valence-electron chi connectivity index (χ0n) is 17.4. The Kier molecular flexibility index (Phi) is 7.33. The molecule has 3 heterocycles. The Morgan fingerprint density at radius 3 is 2.88 bits per heavy atom. The lowest BCUT2D eigenvalue weighted by Gasteiger charge is -2.10. The minimum Gasteiger partial charge on any atom is -0.469 e. The van der Waals surface area contributed by atoms with Gasteiger partial charge in [-0.2, -0.15) is 0 Å². The number of halogens is 1. The largest absolute Gasteiger partial charge is 0.469 e. The zero-order valence-corrected chi connectivity index (χ0v) is 19.8. The molecule has 32 heavy (non-hydrogen) atoms. The van der Waals surface area contributed by atoms with Gasteiger partial charge < -0.3 is 29.2 Å². The molecule has 170 valence electrons. The second-order valence-corrected chi connectivity index (χ2v) is 8.72. The standard InChI is InChI=1S/C20H22BrN5O5S/c1-28-16(27)4-2-3-6-29-7-5-26-19-17(18(22)23-10-24-19)25-20(26)32-15-9-14-13(8-12(15)21)30-11-31-14/h8-10H,2-7,11H2,1H3,(H2,22,23,24). The van der Waals surface area contributed by atoms with Crippen LogP contribution in [0.1, 0.15) is 19.3 Å². The minimum absolute atomic E-state index is 0.205. The van der Waals surface area contributed by atoms with Crippen molar-refractivity contribution >= 4 is 50.6 Å². The number of methoxy groups -OCH3 is 1. The molecule has 0 saturated heterocycles. The molecule has 0 unspecified atom stereocenters. The molecule has 10 nitrogen and oxygen atoms in total. The zero-order chi connectivity index (χ0) is 22.5. The van der Waals surface area contributed by atoms with Gasteiger partial charge in [-0.05, 0) is 40.9 Å². The maximum absolute atomic E-state index is 11.2. The van der Waals surface area contributed by atoms with Crippen LogP contribution in [0.2, 0.25) is 0 Å². The summed E-state index contributed by atoms with van der Waals surface area (Å²) in [6.45, 7) is 1.76. The van der Waals surface area contributed by atoms with Crippen molar-refractivity contribution in [2.75, 3.05) is 32.9 Å². The summed E-state index contributed by atoms with van der Waals surface area (Å²) in [7, 11) is 1.39. The molecule has 0 aliphatic carbocycles. The fourth-order valence-electron chi connectivity index (χ4n) is 3.12. The monoisotopic (exact) mass is 523 g/mol. The van der Waals surface area contributed by atoms with Crippen LogP contribution in [-0.2, 0) is 20.8 Å². The molecule has 1 aliphatic rings. The van der Waals surface area contributed by atoms with Crippen molar-refractivity contribution in [3.05, 3.63) is 22.9 Å². The van der Waals surface area contributed by atoms with Gasteiger partial charge in [0.1, 0.15) is 6.33 Å². The van der Waals surface area contributed by atoms with Gasteiger partial charge in [0.25, 0.3) is 0 Å². The van der Waals surface area contributed by atoms with Gasteiger partial charge in [0.15, 0.2) is 33.6 Å². The molecule has 0 atom stereocenters. The molecule has 0 amide bonds. The fraction of sp³-hybridized carbons (Fsp3) is 0.400. The minimum atomic E-state index is -0.205. The average Bonchev–Trinajstić information content (AvgIpc) is 3.38. The van der Waals surface area contributed by atoms with E-state index in [-0.39, 0.29) is 12.8 Å². The van der Waals surface area contributed by atoms with Crippen molar-refractivity contribution in [2.24, 2.45) is 0 Å². The third-order valence-corrected chi connectivity index (χ3v) is 6.73. The van der Waals surface area contributed by atoms with E-state index in [0.29, 0.717) is 59.8 Å². The van der Waals surface area contributed by atoms with Gasteiger partial charge in [-0.1, -0.05) is 11.8 Å². The normalized spacial score (nSPS) is 12.4. The summed E-state index contributed by atoms with van der Waals surface area (Å²) in [5, 5.41) is 0.709. The second kappa shape index (κ2) is 10.4. The SMILES string of the molecule is COC(=O)CCCCOCCn1c(Sc2cc3c(cc2Br)OCO3)nc2c(N)ncnc21. The van der Waals surface area contributed by atoms with Crippen LogP contribution >= 0.6 is 27.7 Å². The molecule has 3 aromatic rings. The van der Waals surface area contributed by atoms with Crippen LogP contribution in [-0.4, -0.2) is 52.6 Å². The van der Waals surface area contributed by atoms with Crippen LogP contribution in [0.5, 0.6) is 11.5 Å². The number of aromatic nitrogens is 4. The van der Waals surface area contributed by atoms with E-state index in [9.17, 15) is 4.79 Å². The summed E-state index contributed by atoms with van der Waals surface area (Å²) < 4.78 is 24.2. The molecule has 0 spiro atoms. The lowest BCUT2D eigenvalue weighted by Crippen LogP contribution is -2.09. The van der Waals surface area contributed by atoms with E-state index < -0.39 is 0 Å². The number of anilines is 1. The van der Waals surface area contributed by atoms with E-state index in [0.717, 1.165) is 22.2 Å². The third kappa shape index (κ3) is 5.08. The number of hydrogen-bond donors (Lipinski definition) is 1. The molecule has 0 saturated carbocycles. The number of carbonyl (C=O) groups excluding carboxylic acids is 1. The molecule has 0 bridgehead atoms. The first kappa shape index (κ1) is 22.6. The van der Waals surface area contributed by atoms with Crippen LogP contribution < -0.4 is 15.2 Å². The Morgan fingerprint density at radius 2 is 2.06 bits per heavy atom. The Bertz CT molecular complexity index is 1130. The second-order valence-electron chi connectivity index (χ2n) is 6.86. The average molecular weight is 524 g/mol. The van der Waals surface area contributed by atoms with Crippen molar-refractivity contribution in [2.45, 2.75) is 35.9 Å². The Labute approximate surface area is 196 Å². The number of carbonyl (C=O) groups is 1. The summed E-state index contributed by atoms with van der Waals surface area (Å²) in [5.74, 6) is 1.51. The maximum Gasteiger partial charge on any atom is 0.305 e. The Hall–Kier alpha value is -2.57. The highest BCUT2D eigenvalue weighted by Gasteiger charge is 2.20. The number of nitrogen functional groups attached to an aromatic ring is 1. The highest BCUT2D eigenvalue weighted by Crippen LogP contribution is 2.43. The molecule has 0 fully saturated rings. The number of unbranched alkanes of at least 4 members (excludes halogenated alkanes) is 1. The van der Waals surface area contributed by atoms with Gasteiger partial charge >= 0.3 is 5.97 Å². The van der Waals surface area contributed by atoms with Crippen LogP contribution in [0.25, 0.3) is 11.2 Å². The Morgan fingerprint density at radius 1 is 1.25 bits per heavy atom. The van der Waals surface area contributed by atoms with Gasteiger partial charge in [0, 0.05) is 22.4 Å². The topological polar surface area (TPSA) is 124 Å². The van der Waals surface area contributed by atoms with E-state index in [1.165, 1.54) is 25.2 Å². The van der Waals surface area contributed by atoms with Crippen LogP contribution in [0, 0.1) is 0 Å². The lowest BCUT2D eigenvalue weighted by molar-refractivity contribution is -0.140. The first-order valence-electron chi connectivity index (χ1n) is 9.95. The summed E-state index contributed by atoms with van der Waals surface area (Å²) in [6.07, 6.45) is 3.33. The van der Waals surface area contributed by atoms with Crippen molar-refractivity contribution in [1.29, 1.82) is 0 Å². The quantitative estimate of drug-likeness (QED) is 0.312. The van der Waals surface area contributed by atoms with E-state index in [2.05, 4.69) is 35.6 Å². The molecular formula is C20H22BrN5O5S. The predicted octanol–water partition coefficient (Wildman–Crippen LogP) is 3.41. The summed E-state index contributed by atoms with van der Waals surface area (Å²) >= 11 is 5.05. The highest BCUT2D eigenvalue weighted by atomic mass is 79.9. The number of esters is 1. The van der Waals surface area contributed by atoms with Crippen LogP contribution in [0.3, 0.4) is 0 Å². The number of nitrogens with two attached hydrogens (primary N) is 1. The fourth-order valence-corrected chi connectivity index (χ4v) is 4.63. The molecular weight excluding hydrogens is 502 g/mol. The maximum atomic E-state index is 11.2. The lowest BCUT2D eigenvalue weighted by atomic mass is 10.2. The smallest absolute Gasteiger partial charge is 0.305 e. The van der Waals surface area contributed by atoms with Gasteiger partial charge in [0.2, 0.25) is 6.79 Å². The number of imidazole rings is 1. The molecule has 2 aromatic heterocycles. The first-order chi connectivity index (χ1) is 15.6.